The molecule has 0 aromatic heterocycles. The van der Waals surface area contributed by atoms with Crippen LogP contribution in [0, 0.1) is 0 Å². The first-order chi connectivity index (χ1) is 10.6. The van der Waals surface area contributed by atoms with Gasteiger partial charge in [0.2, 0.25) is 5.91 Å². The number of hydrogen-bond acceptors (Lipinski definition) is 2. The number of nitrogens with one attached hydrogen (secondary N) is 2. The SMILES string of the molecule is O=C(CNc1cccc(Cl)c1Cl)NCCc1ccc(Cl)cc1. The molecule has 1 amide bonds. The second kappa shape index (κ2) is 8.28. The van der Waals surface area contributed by atoms with Crippen molar-refractivity contribution >= 4 is 46.4 Å². The van der Waals surface area contributed by atoms with Crippen LogP contribution in [-0.2, 0) is 11.2 Å². The molecule has 0 atom stereocenters. The van der Waals surface area contributed by atoms with Gasteiger partial charge >= 0.3 is 0 Å². The van der Waals surface area contributed by atoms with Crippen molar-refractivity contribution in [1.82, 2.24) is 5.32 Å². The van der Waals surface area contributed by atoms with Crippen molar-refractivity contribution in [2.45, 2.75) is 6.42 Å². The van der Waals surface area contributed by atoms with E-state index < -0.39 is 0 Å². The third kappa shape index (κ3) is 5.09. The number of benzene rings is 2. The average molecular weight is 358 g/mol. The van der Waals surface area contributed by atoms with E-state index in [9.17, 15) is 4.79 Å². The summed E-state index contributed by atoms with van der Waals surface area (Å²) >= 11 is 17.8. The van der Waals surface area contributed by atoms with Gasteiger partial charge in [0.05, 0.1) is 22.3 Å². The van der Waals surface area contributed by atoms with Crippen molar-refractivity contribution in [3.8, 4) is 0 Å². The van der Waals surface area contributed by atoms with Crippen molar-refractivity contribution in [3.63, 3.8) is 0 Å². The second-order valence-electron chi connectivity index (χ2n) is 4.68. The highest BCUT2D eigenvalue weighted by Crippen LogP contribution is 2.29. The molecule has 0 bridgehead atoms. The molecule has 0 spiro atoms. The van der Waals surface area contributed by atoms with Crippen molar-refractivity contribution in [1.29, 1.82) is 0 Å². The molecular weight excluding hydrogens is 343 g/mol. The van der Waals surface area contributed by atoms with Gasteiger partial charge in [0, 0.05) is 11.6 Å². The molecule has 0 aliphatic carbocycles. The van der Waals surface area contributed by atoms with Crippen molar-refractivity contribution in [2.24, 2.45) is 0 Å². The van der Waals surface area contributed by atoms with Gasteiger partial charge in [0.25, 0.3) is 0 Å². The summed E-state index contributed by atoms with van der Waals surface area (Å²) in [5, 5.41) is 7.38. The molecule has 2 rings (SSSR count). The Bertz CT molecular complexity index is 644. The lowest BCUT2D eigenvalue weighted by molar-refractivity contribution is -0.119. The molecule has 2 N–H and O–H groups in total. The number of rotatable bonds is 6. The maximum atomic E-state index is 11.8. The van der Waals surface area contributed by atoms with Crippen LogP contribution in [0.3, 0.4) is 0 Å². The summed E-state index contributed by atoms with van der Waals surface area (Å²) in [6.07, 6.45) is 0.751. The molecule has 116 valence electrons. The second-order valence-corrected chi connectivity index (χ2v) is 5.90. The minimum atomic E-state index is -0.106. The number of hydrogen-bond donors (Lipinski definition) is 2. The molecule has 0 saturated carbocycles. The Morgan fingerprint density at radius 3 is 2.45 bits per heavy atom. The van der Waals surface area contributed by atoms with Crippen LogP contribution in [0.15, 0.2) is 42.5 Å². The van der Waals surface area contributed by atoms with E-state index in [2.05, 4.69) is 10.6 Å². The van der Waals surface area contributed by atoms with E-state index in [1.54, 1.807) is 18.2 Å². The summed E-state index contributed by atoms with van der Waals surface area (Å²) in [5.41, 5.74) is 1.76. The van der Waals surface area contributed by atoms with Gasteiger partial charge in [-0.2, -0.15) is 0 Å². The molecule has 0 unspecified atom stereocenters. The first kappa shape index (κ1) is 16.9. The highest BCUT2D eigenvalue weighted by atomic mass is 35.5. The van der Waals surface area contributed by atoms with Crippen molar-refractivity contribution < 1.29 is 4.79 Å². The van der Waals surface area contributed by atoms with Gasteiger partial charge in [-0.25, -0.2) is 0 Å². The van der Waals surface area contributed by atoms with Crippen LogP contribution in [0.1, 0.15) is 5.56 Å². The minimum Gasteiger partial charge on any atom is -0.375 e. The maximum Gasteiger partial charge on any atom is 0.239 e. The summed E-state index contributed by atoms with van der Waals surface area (Å²) in [6, 6.07) is 12.8. The predicted molar refractivity (Wildman–Crippen MR) is 93.1 cm³/mol. The monoisotopic (exact) mass is 356 g/mol. The average Bonchev–Trinajstić information content (AvgIpc) is 2.51. The number of anilines is 1. The minimum absolute atomic E-state index is 0.106. The fourth-order valence-electron chi connectivity index (χ4n) is 1.88. The summed E-state index contributed by atoms with van der Waals surface area (Å²) in [6.45, 7) is 0.700. The Kier molecular flexibility index (Phi) is 6.37. The first-order valence-corrected chi connectivity index (χ1v) is 7.88. The Morgan fingerprint density at radius 1 is 1.00 bits per heavy atom. The predicted octanol–water partition coefficient (Wildman–Crippen LogP) is 4.42. The van der Waals surface area contributed by atoms with E-state index in [1.165, 1.54) is 0 Å². The van der Waals surface area contributed by atoms with Gasteiger partial charge in [-0.3, -0.25) is 4.79 Å². The standard InChI is InChI=1S/C16H15Cl3N2O/c17-12-6-4-11(5-7-12)8-9-20-15(22)10-21-14-3-1-2-13(18)16(14)19/h1-7,21H,8-10H2,(H,20,22). The number of carbonyl (C=O) groups excluding carboxylic acids is 1. The Labute approximate surface area is 144 Å². The molecule has 3 nitrogen and oxygen atoms in total. The summed E-state index contributed by atoms with van der Waals surface area (Å²) in [7, 11) is 0. The Morgan fingerprint density at radius 2 is 1.73 bits per heavy atom. The van der Waals surface area contributed by atoms with Crippen LogP contribution in [-0.4, -0.2) is 19.0 Å². The van der Waals surface area contributed by atoms with E-state index in [0.29, 0.717) is 27.3 Å². The van der Waals surface area contributed by atoms with Crippen LogP contribution in [0.2, 0.25) is 15.1 Å². The Balaban J connectivity index is 1.74. The first-order valence-electron chi connectivity index (χ1n) is 6.75. The van der Waals surface area contributed by atoms with Crippen LogP contribution in [0.5, 0.6) is 0 Å². The van der Waals surface area contributed by atoms with Crippen LogP contribution < -0.4 is 10.6 Å². The van der Waals surface area contributed by atoms with E-state index in [1.807, 2.05) is 24.3 Å². The summed E-state index contributed by atoms with van der Waals surface area (Å²) in [4.78, 5) is 11.8. The lowest BCUT2D eigenvalue weighted by atomic mass is 10.1. The lowest BCUT2D eigenvalue weighted by Gasteiger charge is -2.10. The molecule has 0 aliphatic rings. The quantitative estimate of drug-likeness (QED) is 0.803. The summed E-state index contributed by atoms with van der Waals surface area (Å²) in [5.74, 6) is -0.106. The molecule has 2 aromatic carbocycles. The fraction of sp³-hybridized carbons (Fsp3) is 0.188. The number of carbonyl (C=O) groups is 1. The molecule has 0 saturated heterocycles. The van der Waals surface area contributed by atoms with Gasteiger partial charge in [0.15, 0.2) is 0 Å². The topological polar surface area (TPSA) is 41.1 Å². The maximum absolute atomic E-state index is 11.8. The molecule has 2 aromatic rings. The van der Waals surface area contributed by atoms with Crippen molar-refractivity contribution in [3.05, 3.63) is 63.1 Å². The van der Waals surface area contributed by atoms with E-state index in [-0.39, 0.29) is 12.5 Å². The molecule has 0 radical (unpaired) electrons. The van der Waals surface area contributed by atoms with Gasteiger partial charge in [-0.05, 0) is 36.2 Å². The molecule has 0 heterocycles. The van der Waals surface area contributed by atoms with Gasteiger partial charge in [-0.15, -0.1) is 0 Å². The fourth-order valence-corrected chi connectivity index (χ4v) is 2.37. The third-order valence-corrected chi connectivity index (χ3v) is 4.11. The highest BCUT2D eigenvalue weighted by molar-refractivity contribution is 6.43. The zero-order valence-corrected chi connectivity index (χ0v) is 14.0. The normalized spacial score (nSPS) is 10.3. The molecular formula is C16H15Cl3N2O. The molecule has 0 aliphatic heterocycles. The van der Waals surface area contributed by atoms with Gasteiger partial charge in [0.1, 0.15) is 0 Å². The van der Waals surface area contributed by atoms with Gasteiger partial charge < -0.3 is 10.6 Å². The smallest absolute Gasteiger partial charge is 0.239 e. The molecule has 22 heavy (non-hydrogen) atoms. The number of halogens is 3. The van der Waals surface area contributed by atoms with Crippen LogP contribution in [0.4, 0.5) is 5.69 Å². The van der Waals surface area contributed by atoms with E-state index in [0.717, 1.165) is 12.0 Å². The molecule has 6 heteroatoms. The zero-order chi connectivity index (χ0) is 15.9. The van der Waals surface area contributed by atoms with Crippen LogP contribution in [0.25, 0.3) is 0 Å². The number of amides is 1. The van der Waals surface area contributed by atoms with E-state index >= 15 is 0 Å². The van der Waals surface area contributed by atoms with Crippen molar-refractivity contribution in [2.75, 3.05) is 18.4 Å². The highest BCUT2D eigenvalue weighted by Gasteiger charge is 2.06. The third-order valence-electron chi connectivity index (χ3n) is 3.04. The van der Waals surface area contributed by atoms with Gasteiger partial charge in [-0.1, -0.05) is 53.0 Å². The zero-order valence-electron chi connectivity index (χ0n) is 11.7. The largest absolute Gasteiger partial charge is 0.375 e. The van der Waals surface area contributed by atoms with Crippen LogP contribution >= 0.6 is 34.8 Å². The lowest BCUT2D eigenvalue weighted by Crippen LogP contribution is -2.31. The Hall–Kier alpha value is -1.42. The summed E-state index contributed by atoms with van der Waals surface area (Å²) < 4.78 is 0. The van der Waals surface area contributed by atoms with E-state index in [4.69, 9.17) is 34.8 Å². The molecule has 0 fully saturated rings.